The molecule has 1 saturated carbocycles. The summed E-state index contributed by atoms with van der Waals surface area (Å²) >= 11 is 0. The van der Waals surface area contributed by atoms with E-state index < -0.39 is 30.4 Å². The molecule has 8 heteroatoms. The smallest absolute Gasteiger partial charge is 0.309 e. The molecule has 8 nitrogen and oxygen atoms in total. The highest BCUT2D eigenvalue weighted by atomic mass is 16.6. The van der Waals surface area contributed by atoms with E-state index in [0.29, 0.717) is 19.3 Å². The number of carbonyl (C=O) groups excluding carboxylic acids is 2. The number of aliphatic hydroxyl groups is 4. The standard InChI is InChI=1S/C36H64O8/c1-4-6-13-19-29(37)23-24-32-31(33(39)25-34(32)40)20-16-17-22-36(42)44-27-30(38)26-43-35(41)21-15-12-10-8-7-9-11-14-18-28(3)5-2/h16-17,23-24,28-34,37-40H,4-15,18-22,25-27H2,1-3H3/b17-16-,24-23+/t28?,29-,30-,31+,32-,33+,34-/m1/s1. The molecule has 1 aliphatic rings. The van der Waals surface area contributed by atoms with Crippen LogP contribution in [0.15, 0.2) is 24.3 Å². The Morgan fingerprint density at radius 1 is 0.795 bits per heavy atom. The third kappa shape index (κ3) is 19.6. The highest BCUT2D eigenvalue weighted by molar-refractivity contribution is 5.71. The maximum atomic E-state index is 12.1. The van der Waals surface area contributed by atoms with Gasteiger partial charge in [-0.25, -0.2) is 0 Å². The van der Waals surface area contributed by atoms with E-state index in [0.717, 1.165) is 44.4 Å². The fraction of sp³-hybridized carbons (Fsp3) is 0.833. The zero-order valence-corrected chi connectivity index (χ0v) is 27.9. The van der Waals surface area contributed by atoms with Crippen molar-refractivity contribution in [2.75, 3.05) is 13.2 Å². The Balaban J connectivity index is 2.15. The van der Waals surface area contributed by atoms with Gasteiger partial charge in [-0.05, 0) is 31.1 Å². The molecule has 0 aromatic heterocycles. The van der Waals surface area contributed by atoms with Crippen molar-refractivity contribution < 1.29 is 39.5 Å². The average Bonchev–Trinajstić information content (AvgIpc) is 3.27. The Hall–Kier alpha value is -1.74. The molecule has 1 rings (SSSR count). The lowest BCUT2D eigenvalue weighted by molar-refractivity contribution is -0.151. The summed E-state index contributed by atoms with van der Waals surface area (Å²) in [6.45, 7) is 6.22. The average molecular weight is 625 g/mol. The molecule has 0 aromatic rings. The van der Waals surface area contributed by atoms with Crippen molar-refractivity contribution in [1.29, 1.82) is 0 Å². The first kappa shape index (κ1) is 40.3. The van der Waals surface area contributed by atoms with Gasteiger partial charge in [0.15, 0.2) is 0 Å². The molecule has 0 spiro atoms. The third-order valence-corrected chi connectivity index (χ3v) is 8.83. The van der Waals surface area contributed by atoms with Crippen LogP contribution in [0.2, 0.25) is 0 Å². The van der Waals surface area contributed by atoms with E-state index in [-0.39, 0.29) is 43.9 Å². The van der Waals surface area contributed by atoms with Gasteiger partial charge in [-0.3, -0.25) is 9.59 Å². The first-order valence-corrected chi connectivity index (χ1v) is 17.5. The third-order valence-electron chi connectivity index (χ3n) is 8.83. The molecule has 1 unspecified atom stereocenters. The number of rotatable bonds is 26. The van der Waals surface area contributed by atoms with E-state index in [4.69, 9.17) is 9.47 Å². The first-order valence-electron chi connectivity index (χ1n) is 17.5. The van der Waals surface area contributed by atoms with Crippen molar-refractivity contribution in [3.05, 3.63) is 24.3 Å². The highest BCUT2D eigenvalue weighted by Crippen LogP contribution is 2.36. The van der Waals surface area contributed by atoms with Crippen molar-refractivity contribution in [3.8, 4) is 0 Å². The molecule has 0 amide bonds. The predicted molar refractivity (Wildman–Crippen MR) is 175 cm³/mol. The van der Waals surface area contributed by atoms with Crippen LogP contribution in [-0.4, -0.2) is 70.0 Å². The Bertz CT molecular complexity index is 797. The van der Waals surface area contributed by atoms with Crippen LogP contribution in [0.25, 0.3) is 0 Å². The molecule has 0 radical (unpaired) electrons. The van der Waals surface area contributed by atoms with E-state index in [9.17, 15) is 30.0 Å². The van der Waals surface area contributed by atoms with E-state index in [1.165, 1.54) is 44.9 Å². The van der Waals surface area contributed by atoms with Gasteiger partial charge in [0.05, 0.1) is 24.7 Å². The van der Waals surface area contributed by atoms with E-state index in [2.05, 4.69) is 20.8 Å². The molecule has 0 saturated heterocycles. The van der Waals surface area contributed by atoms with Gasteiger partial charge in [0, 0.05) is 18.8 Å². The lowest BCUT2D eigenvalue weighted by Crippen LogP contribution is -2.25. The Kier molecular flexibility index (Phi) is 23.3. The predicted octanol–water partition coefficient (Wildman–Crippen LogP) is 6.57. The SMILES string of the molecule is CCCCC[C@@H](O)/C=C/[C@@H]1[C@H](C/C=C\CC(=O)OC[C@H](O)COC(=O)CCCCCCCCCCC(C)CC)[C@@H](O)C[C@H]1O. The quantitative estimate of drug-likeness (QED) is 0.0482. The molecule has 0 heterocycles. The van der Waals surface area contributed by atoms with Crippen LogP contribution in [0.3, 0.4) is 0 Å². The summed E-state index contributed by atoms with van der Waals surface area (Å²) in [7, 11) is 0. The zero-order chi connectivity index (χ0) is 32.6. The monoisotopic (exact) mass is 624 g/mol. The van der Waals surface area contributed by atoms with Gasteiger partial charge in [0.1, 0.15) is 19.3 Å². The number of allylic oxidation sites excluding steroid dienone is 1. The Morgan fingerprint density at radius 2 is 1.41 bits per heavy atom. The Labute approximate surface area is 267 Å². The molecule has 256 valence electrons. The van der Waals surface area contributed by atoms with Gasteiger partial charge in [-0.2, -0.15) is 0 Å². The van der Waals surface area contributed by atoms with Crippen LogP contribution >= 0.6 is 0 Å². The summed E-state index contributed by atoms with van der Waals surface area (Å²) in [5.41, 5.74) is 0. The van der Waals surface area contributed by atoms with Gasteiger partial charge in [-0.1, -0.05) is 122 Å². The largest absolute Gasteiger partial charge is 0.463 e. The molecular formula is C36H64O8. The maximum Gasteiger partial charge on any atom is 0.309 e. The van der Waals surface area contributed by atoms with Gasteiger partial charge >= 0.3 is 11.9 Å². The van der Waals surface area contributed by atoms with E-state index in [1.54, 1.807) is 18.2 Å². The first-order chi connectivity index (χ1) is 21.2. The number of carbonyl (C=O) groups is 2. The lowest BCUT2D eigenvalue weighted by Gasteiger charge is -2.19. The van der Waals surface area contributed by atoms with Crippen molar-refractivity contribution in [2.24, 2.45) is 17.8 Å². The maximum absolute atomic E-state index is 12.1. The second-order valence-corrected chi connectivity index (χ2v) is 12.9. The summed E-state index contributed by atoms with van der Waals surface area (Å²) in [4.78, 5) is 24.0. The van der Waals surface area contributed by atoms with Crippen molar-refractivity contribution in [3.63, 3.8) is 0 Å². The molecule has 0 bridgehead atoms. The van der Waals surface area contributed by atoms with Crippen molar-refractivity contribution in [2.45, 2.75) is 161 Å². The normalized spacial score (nSPS) is 22.4. The fourth-order valence-corrected chi connectivity index (χ4v) is 5.68. The molecular weight excluding hydrogens is 560 g/mol. The minimum atomic E-state index is -1.08. The number of ether oxygens (including phenoxy) is 2. The highest BCUT2D eigenvalue weighted by Gasteiger charge is 2.39. The van der Waals surface area contributed by atoms with Gasteiger partial charge in [0.25, 0.3) is 0 Å². The fourth-order valence-electron chi connectivity index (χ4n) is 5.68. The summed E-state index contributed by atoms with van der Waals surface area (Å²) in [5.74, 6) is -0.492. The molecule has 4 N–H and O–H groups in total. The Morgan fingerprint density at radius 3 is 2.07 bits per heavy atom. The minimum Gasteiger partial charge on any atom is -0.463 e. The molecule has 1 aliphatic carbocycles. The molecule has 44 heavy (non-hydrogen) atoms. The second kappa shape index (κ2) is 25.5. The topological polar surface area (TPSA) is 134 Å². The number of hydrogen-bond acceptors (Lipinski definition) is 8. The van der Waals surface area contributed by atoms with Crippen LogP contribution < -0.4 is 0 Å². The summed E-state index contributed by atoms with van der Waals surface area (Å²) in [5, 5.41) is 41.0. The van der Waals surface area contributed by atoms with Crippen molar-refractivity contribution >= 4 is 11.9 Å². The van der Waals surface area contributed by atoms with Crippen molar-refractivity contribution in [1.82, 2.24) is 0 Å². The van der Waals surface area contributed by atoms with Gasteiger partial charge < -0.3 is 29.9 Å². The number of aliphatic hydroxyl groups excluding tert-OH is 4. The van der Waals surface area contributed by atoms with E-state index >= 15 is 0 Å². The van der Waals surface area contributed by atoms with Gasteiger partial charge in [0.2, 0.25) is 0 Å². The molecule has 7 atom stereocenters. The summed E-state index contributed by atoms with van der Waals surface area (Å²) in [6.07, 6.45) is 20.7. The van der Waals surface area contributed by atoms with Crippen LogP contribution in [-0.2, 0) is 19.1 Å². The van der Waals surface area contributed by atoms with E-state index in [1.807, 2.05) is 6.08 Å². The number of hydrogen-bond donors (Lipinski definition) is 4. The number of esters is 2. The summed E-state index contributed by atoms with van der Waals surface area (Å²) in [6, 6.07) is 0. The van der Waals surface area contributed by atoms with Crippen LogP contribution in [0.4, 0.5) is 0 Å². The summed E-state index contributed by atoms with van der Waals surface area (Å²) < 4.78 is 10.2. The lowest BCUT2D eigenvalue weighted by atomic mass is 9.89. The minimum absolute atomic E-state index is 0.00654. The zero-order valence-electron chi connectivity index (χ0n) is 27.9. The molecule has 1 fully saturated rings. The van der Waals surface area contributed by atoms with Crippen LogP contribution in [0.5, 0.6) is 0 Å². The molecule has 0 aliphatic heterocycles. The molecule has 0 aromatic carbocycles. The number of unbranched alkanes of at least 4 members (excludes halogenated alkanes) is 9. The van der Waals surface area contributed by atoms with Crippen LogP contribution in [0.1, 0.15) is 136 Å². The second-order valence-electron chi connectivity index (χ2n) is 12.9. The van der Waals surface area contributed by atoms with Gasteiger partial charge in [-0.15, -0.1) is 0 Å². The van der Waals surface area contributed by atoms with Crippen LogP contribution in [0, 0.1) is 17.8 Å².